The minimum atomic E-state index is -0.0192. The molecule has 1 amide bonds. The van der Waals surface area contributed by atoms with E-state index in [-0.39, 0.29) is 17.9 Å². The first-order valence-electron chi connectivity index (χ1n) is 8.57. The zero-order valence-electron chi connectivity index (χ0n) is 14.1. The molecule has 0 radical (unpaired) electrons. The first kappa shape index (κ1) is 17.6. The Balaban J connectivity index is 1.87. The van der Waals surface area contributed by atoms with E-state index in [2.05, 4.69) is 5.32 Å². The summed E-state index contributed by atoms with van der Waals surface area (Å²) in [7, 11) is 0. The summed E-state index contributed by atoms with van der Waals surface area (Å²) in [6, 6.07) is 5.95. The summed E-state index contributed by atoms with van der Waals surface area (Å²) >= 11 is 0. The van der Waals surface area contributed by atoms with Crippen molar-refractivity contribution in [2.45, 2.75) is 45.6 Å². The van der Waals surface area contributed by atoms with Crippen LogP contribution in [-0.2, 0) is 11.2 Å². The van der Waals surface area contributed by atoms with Crippen molar-refractivity contribution in [3.8, 4) is 11.5 Å². The summed E-state index contributed by atoms with van der Waals surface area (Å²) in [5.74, 6) is 1.59. The van der Waals surface area contributed by atoms with Gasteiger partial charge in [0.1, 0.15) is 0 Å². The average Bonchev–Trinajstić information content (AvgIpc) is 2.96. The van der Waals surface area contributed by atoms with Crippen molar-refractivity contribution < 1.29 is 14.3 Å². The zero-order chi connectivity index (χ0) is 16.7. The van der Waals surface area contributed by atoms with Gasteiger partial charge in [-0.15, -0.1) is 0 Å². The van der Waals surface area contributed by atoms with Crippen molar-refractivity contribution in [3.63, 3.8) is 0 Å². The van der Waals surface area contributed by atoms with E-state index in [1.54, 1.807) is 0 Å². The molecule has 0 spiro atoms. The summed E-state index contributed by atoms with van der Waals surface area (Å²) < 4.78 is 11.2. The Bertz CT molecular complexity index is 519. The smallest absolute Gasteiger partial charge is 0.224 e. The SMILES string of the molecule is CCOc1ccc(CCNC(=O)C2CCCC2N)cc1OCC. The maximum absolute atomic E-state index is 12.1. The van der Waals surface area contributed by atoms with Gasteiger partial charge in [-0.1, -0.05) is 12.5 Å². The lowest BCUT2D eigenvalue weighted by Crippen LogP contribution is -2.39. The Morgan fingerprint density at radius 2 is 1.96 bits per heavy atom. The van der Waals surface area contributed by atoms with E-state index in [1.807, 2.05) is 32.0 Å². The van der Waals surface area contributed by atoms with Crippen molar-refractivity contribution in [2.24, 2.45) is 11.7 Å². The van der Waals surface area contributed by atoms with Crippen LogP contribution in [0.15, 0.2) is 18.2 Å². The van der Waals surface area contributed by atoms with Crippen LogP contribution in [0.2, 0.25) is 0 Å². The van der Waals surface area contributed by atoms with Gasteiger partial charge in [-0.2, -0.15) is 0 Å². The van der Waals surface area contributed by atoms with E-state index in [1.165, 1.54) is 0 Å². The molecule has 0 heterocycles. The molecular formula is C18H28N2O3. The summed E-state index contributed by atoms with van der Waals surface area (Å²) in [5, 5.41) is 3.00. The monoisotopic (exact) mass is 320 g/mol. The molecule has 0 aliphatic heterocycles. The molecule has 1 fully saturated rings. The van der Waals surface area contributed by atoms with Crippen LogP contribution >= 0.6 is 0 Å². The number of amides is 1. The fourth-order valence-corrected chi connectivity index (χ4v) is 3.03. The fraction of sp³-hybridized carbons (Fsp3) is 0.611. The molecule has 2 unspecified atom stereocenters. The lowest BCUT2D eigenvalue weighted by Gasteiger charge is -2.15. The highest BCUT2D eigenvalue weighted by molar-refractivity contribution is 5.79. The fourth-order valence-electron chi connectivity index (χ4n) is 3.03. The largest absolute Gasteiger partial charge is 0.490 e. The van der Waals surface area contributed by atoms with Crippen LogP contribution < -0.4 is 20.5 Å². The number of carbonyl (C=O) groups excluding carboxylic acids is 1. The molecule has 2 rings (SSSR count). The second-order valence-electron chi connectivity index (χ2n) is 5.89. The number of ether oxygens (including phenoxy) is 2. The summed E-state index contributed by atoms with van der Waals surface area (Å²) in [6.07, 6.45) is 3.68. The molecule has 5 nitrogen and oxygen atoms in total. The Kier molecular flexibility index (Phi) is 6.71. The van der Waals surface area contributed by atoms with Crippen LogP contribution in [0, 0.1) is 5.92 Å². The van der Waals surface area contributed by atoms with E-state index in [0.29, 0.717) is 19.8 Å². The second-order valence-corrected chi connectivity index (χ2v) is 5.89. The molecule has 128 valence electrons. The number of hydrogen-bond acceptors (Lipinski definition) is 4. The molecule has 2 atom stereocenters. The van der Waals surface area contributed by atoms with Crippen LogP contribution in [-0.4, -0.2) is 31.7 Å². The normalized spacial score (nSPS) is 20.3. The lowest BCUT2D eigenvalue weighted by molar-refractivity contribution is -0.125. The maximum Gasteiger partial charge on any atom is 0.224 e. The van der Waals surface area contributed by atoms with Gasteiger partial charge in [0.15, 0.2) is 11.5 Å². The molecule has 1 aliphatic rings. The Morgan fingerprint density at radius 3 is 2.61 bits per heavy atom. The highest BCUT2D eigenvalue weighted by atomic mass is 16.5. The van der Waals surface area contributed by atoms with Crippen LogP contribution in [0.5, 0.6) is 11.5 Å². The molecule has 0 bridgehead atoms. The highest BCUT2D eigenvalue weighted by Gasteiger charge is 2.29. The van der Waals surface area contributed by atoms with Crippen LogP contribution in [0.1, 0.15) is 38.7 Å². The molecule has 3 N–H and O–H groups in total. The first-order chi connectivity index (χ1) is 11.2. The molecule has 0 saturated heterocycles. The molecule has 1 aromatic carbocycles. The molecule has 0 aromatic heterocycles. The van der Waals surface area contributed by atoms with E-state index >= 15 is 0 Å². The molecule has 1 aromatic rings. The van der Waals surface area contributed by atoms with Gasteiger partial charge in [0.05, 0.1) is 19.1 Å². The minimum Gasteiger partial charge on any atom is -0.490 e. The average molecular weight is 320 g/mol. The van der Waals surface area contributed by atoms with E-state index in [9.17, 15) is 4.79 Å². The number of benzene rings is 1. The number of nitrogens with two attached hydrogens (primary N) is 1. The quantitative estimate of drug-likeness (QED) is 0.770. The molecule has 5 heteroatoms. The number of nitrogens with one attached hydrogen (secondary N) is 1. The third-order valence-corrected chi connectivity index (χ3v) is 4.23. The summed E-state index contributed by atoms with van der Waals surface area (Å²) in [4.78, 5) is 12.1. The van der Waals surface area contributed by atoms with Crippen molar-refractivity contribution >= 4 is 5.91 Å². The van der Waals surface area contributed by atoms with Crippen molar-refractivity contribution in [3.05, 3.63) is 23.8 Å². The van der Waals surface area contributed by atoms with Gasteiger partial charge in [-0.3, -0.25) is 4.79 Å². The highest BCUT2D eigenvalue weighted by Crippen LogP contribution is 2.28. The van der Waals surface area contributed by atoms with Gasteiger partial charge in [0.2, 0.25) is 5.91 Å². The first-order valence-corrected chi connectivity index (χ1v) is 8.57. The van der Waals surface area contributed by atoms with E-state index in [0.717, 1.165) is 42.7 Å². The predicted molar refractivity (Wildman–Crippen MR) is 90.8 cm³/mol. The van der Waals surface area contributed by atoms with Crippen molar-refractivity contribution in [2.75, 3.05) is 19.8 Å². The van der Waals surface area contributed by atoms with Crippen LogP contribution in [0.4, 0.5) is 0 Å². The Hall–Kier alpha value is -1.75. The van der Waals surface area contributed by atoms with Gasteiger partial charge in [-0.05, 0) is 50.8 Å². The van der Waals surface area contributed by atoms with E-state index < -0.39 is 0 Å². The second kappa shape index (κ2) is 8.77. The van der Waals surface area contributed by atoms with Crippen molar-refractivity contribution in [1.29, 1.82) is 0 Å². The third-order valence-electron chi connectivity index (χ3n) is 4.23. The summed E-state index contributed by atoms with van der Waals surface area (Å²) in [6.45, 7) is 5.72. The Morgan fingerprint density at radius 1 is 1.22 bits per heavy atom. The standard InChI is InChI=1S/C18H28N2O3/c1-3-22-16-9-8-13(12-17(16)23-4-2)10-11-20-18(21)14-6-5-7-15(14)19/h8-9,12,14-15H,3-7,10-11,19H2,1-2H3,(H,20,21). The number of rotatable bonds is 8. The minimum absolute atomic E-state index is 0.0185. The molecule has 1 saturated carbocycles. The van der Waals surface area contributed by atoms with Crippen LogP contribution in [0.3, 0.4) is 0 Å². The van der Waals surface area contributed by atoms with Gasteiger partial charge in [0.25, 0.3) is 0 Å². The lowest BCUT2D eigenvalue weighted by atomic mass is 10.0. The van der Waals surface area contributed by atoms with Crippen molar-refractivity contribution in [1.82, 2.24) is 5.32 Å². The predicted octanol–water partition coefficient (Wildman–Crippen LogP) is 2.27. The maximum atomic E-state index is 12.1. The number of hydrogen-bond donors (Lipinski definition) is 2. The van der Waals surface area contributed by atoms with Gasteiger partial charge in [0, 0.05) is 12.6 Å². The Labute approximate surface area is 138 Å². The van der Waals surface area contributed by atoms with Crippen LogP contribution in [0.25, 0.3) is 0 Å². The molecule has 23 heavy (non-hydrogen) atoms. The zero-order valence-corrected chi connectivity index (χ0v) is 14.1. The molecular weight excluding hydrogens is 292 g/mol. The van der Waals surface area contributed by atoms with E-state index in [4.69, 9.17) is 15.2 Å². The third kappa shape index (κ3) is 4.86. The van der Waals surface area contributed by atoms with Gasteiger partial charge in [-0.25, -0.2) is 0 Å². The van der Waals surface area contributed by atoms with Gasteiger partial charge < -0.3 is 20.5 Å². The topological polar surface area (TPSA) is 73.6 Å². The summed E-state index contributed by atoms with van der Waals surface area (Å²) in [5.41, 5.74) is 7.09. The molecule has 1 aliphatic carbocycles. The van der Waals surface area contributed by atoms with Gasteiger partial charge >= 0.3 is 0 Å². The number of carbonyl (C=O) groups is 1.